The van der Waals surface area contributed by atoms with Crippen molar-refractivity contribution in [3.63, 3.8) is 0 Å². The van der Waals surface area contributed by atoms with Gasteiger partial charge in [0.2, 0.25) is 5.91 Å². The van der Waals surface area contributed by atoms with Crippen LogP contribution in [0, 0.1) is 5.92 Å². The molecule has 11 heteroatoms. The first kappa shape index (κ1) is 23.4. The van der Waals surface area contributed by atoms with E-state index in [1.807, 2.05) is 23.1 Å². The molecule has 2 aliphatic rings. The number of amides is 1. The van der Waals surface area contributed by atoms with Gasteiger partial charge in [0.25, 0.3) is 5.82 Å². The second-order valence-electron chi connectivity index (χ2n) is 9.15. The van der Waals surface area contributed by atoms with E-state index >= 15 is 0 Å². The van der Waals surface area contributed by atoms with Crippen molar-refractivity contribution in [3.05, 3.63) is 42.2 Å². The average molecular weight is 488 g/mol. The Morgan fingerprint density at radius 2 is 1.60 bits per heavy atom. The van der Waals surface area contributed by atoms with E-state index in [9.17, 15) is 18.0 Å². The number of rotatable bonds is 4. The van der Waals surface area contributed by atoms with Crippen LogP contribution in [0.2, 0.25) is 0 Å². The third kappa shape index (κ3) is 5.03. The Hall–Kier alpha value is -3.37. The largest absolute Gasteiger partial charge is 0.453 e. The Balaban J connectivity index is 1.24. The number of hydrogen-bond acceptors (Lipinski definition) is 6. The number of piperidine rings is 1. The number of aromatic nitrogens is 4. The van der Waals surface area contributed by atoms with E-state index in [2.05, 4.69) is 31.6 Å². The highest BCUT2D eigenvalue weighted by Gasteiger charge is 2.38. The maximum absolute atomic E-state index is 13.2. The number of fused-ring (bicyclic) bond motifs is 1. The summed E-state index contributed by atoms with van der Waals surface area (Å²) in [7, 11) is 0. The first-order valence-electron chi connectivity index (χ1n) is 12.1. The molecule has 1 aromatic carbocycles. The minimum Gasteiger partial charge on any atom is -0.370 e. The van der Waals surface area contributed by atoms with Crippen LogP contribution in [-0.2, 0) is 11.0 Å². The fourth-order valence-electron chi connectivity index (χ4n) is 4.90. The SMILES string of the molecule is O=C(Nc1ccccc1N1CCCCCC1)C1CCN(c2ccc3nnc(C(F)(F)F)n3n2)CC1. The molecular weight excluding hydrogens is 459 g/mol. The van der Waals surface area contributed by atoms with E-state index in [0.717, 1.165) is 41.8 Å². The third-order valence-corrected chi connectivity index (χ3v) is 6.80. The minimum atomic E-state index is -4.64. The highest BCUT2D eigenvalue weighted by Crippen LogP contribution is 2.31. The van der Waals surface area contributed by atoms with E-state index < -0.39 is 12.0 Å². The summed E-state index contributed by atoms with van der Waals surface area (Å²) in [6, 6.07) is 11.1. The lowest BCUT2D eigenvalue weighted by Gasteiger charge is -2.32. The highest BCUT2D eigenvalue weighted by molar-refractivity contribution is 5.96. The Labute approximate surface area is 201 Å². The summed E-state index contributed by atoms with van der Waals surface area (Å²) in [5.41, 5.74) is 1.94. The van der Waals surface area contributed by atoms with Gasteiger partial charge < -0.3 is 15.1 Å². The Bertz CT molecular complexity index is 1180. The van der Waals surface area contributed by atoms with Gasteiger partial charge in [-0.15, -0.1) is 15.3 Å². The molecule has 186 valence electrons. The molecule has 2 aromatic heterocycles. The number of nitrogens with one attached hydrogen (secondary N) is 1. The number of halogens is 3. The molecule has 0 bridgehead atoms. The molecule has 1 N–H and O–H groups in total. The molecule has 1 amide bonds. The number of para-hydroxylation sites is 2. The van der Waals surface area contributed by atoms with Crippen molar-refractivity contribution in [2.75, 3.05) is 41.3 Å². The van der Waals surface area contributed by atoms with E-state index in [1.54, 1.807) is 6.07 Å². The molecule has 0 unspecified atom stereocenters. The summed E-state index contributed by atoms with van der Waals surface area (Å²) >= 11 is 0. The van der Waals surface area contributed by atoms with Crippen molar-refractivity contribution in [1.29, 1.82) is 0 Å². The predicted octanol–water partition coefficient (Wildman–Crippen LogP) is 4.38. The van der Waals surface area contributed by atoms with Crippen molar-refractivity contribution < 1.29 is 18.0 Å². The Morgan fingerprint density at radius 3 is 2.31 bits per heavy atom. The maximum Gasteiger partial charge on any atom is 0.453 e. The minimum absolute atomic E-state index is 0.0199. The number of nitrogens with zero attached hydrogens (tertiary/aromatic N) is 6. The highest BCUT2D eigenvalue weighted by atomic mass is 19.4. The van der Waals surface area contributed by atoms with Crippen LogP contribution < -0.4 is 15.1 Å². The zero-order chi connectivity index (χ0) is 24.4. The van der Waals surface area contributed by atoms with E-state index in [1.165, 1.54) is 18.9 Å². The fraction of sp³-hybridized carbons (Fsp3) is 0.500. The quantitative estimate of drug-likeness (QED) is 0.589. The summed E-state index contributed by atoms with van der Waals surface area (Å²) in [5.74, 6) is -0.929. The van der Waals surface area contributed by atoms with Crippen LogP contribution in [0.15, 0.2) is 36.4 Å². The van der Waals surface area contributed by atoms with Gasteiger partial charge in [-0.3, -0.25) is 4.79 Å². The van der Waals surface area contributed by atoms with Crippen LogP contribution in [-0.4, -0.2) is 51.9 Å². The molecule has 5 rings (SSSR count). The first-order chi connectivity index (χ1) is 16.9. The normalized spacial score (nSPS) is 18.0. The van der Waals surface area contributed by atoms with Crippen LogP contribution in [0.5, 0.6) is 0 Å². The molecular formula is C24H28F3N7O. The van der Waals surface area contributed by atoms with Gasteiger partial charge in [0, 0.05) is 32.1 Å². The van der Waals surface area contributed by atoms with Crippen molar-refractivity contribution >= 4 is 28.7 Å². The summed E-state index contributed by atoms with van der Waals surface area (Å²) in [4.78, 5) is 17.4. The van der Waals surface area contributed by atoms with Gasteiger partial charge in [-0.2, -0.15) is 17.7 Å². The lowest BCUT2D eigenvalue weighted by atomic mass is 9.95. The predicted molar refractivity (Wildman–Crippen MR) is 126 cm³/mol. The average Bonchev–Trinajstić information content (AvgIpc) is 3.11. The van der Waals surface area contributed by atoms with Crippen molar-refractivity contribution in [2.24, 2.45) is 5.92 Å². The van der Waals surface area contributed by atoms with E-state index in [0.29, 0.717) is 31.7 Å². The maximum atomic E-state index is 13.2. The molecule has 0 atom stereocenters. The fourth-order valence-corrected chi connectivity index (χ4v) is 4.90. The molecule has 0 spiro atoms. The van der Waals surface area contributed by atoms with Gasteiger partial charge in [0.15, 0.2) is 5.65 Å². The van der Waals surface area contributed by atoms with Gasteiger partial charge in [0.05, 0.1) is 11.4 Å². The molecule has 0 aliphatic carbocycles. The molecule has 35 heavy (non-hydrogen) atoms. The van der Waals surface area contributed by atoms with Crippen LogP contribution in [0.1, 0.15) is 44.3 Å². The molecule has 2 aliphatic heterocycles. The summed E-state index contributed by atoms with van der Waals surface area (Å²) in [6.07, 6.45) is 1.32. The van der Waals surface area contributed by atoms with Crippen LogP contribution in [0.3, 0.4) is 0 Å². The number of benzene rings is 1. The summed E-state index contributed by atoms with van der Waals surface area (Å²) < 4.78 is 40.3. The van der Waals surface area contributed by atoms with Gasteiger partial charge in [-0.1, -0.05) is 25.0 Å². The lowest BCUT2D eigenvalue weighted by Crippen LogP contribution is -2.39. The molecule has 0 saturated carbocycles. The summed E-state index contributed by atoms with van der Waals surface area (Å²) in [6.45, 7) is 3.03. The zero-order valence-electron chi connectivity index (χ0n) is 19.3. The molecule has 0 radical (unpaired) electrons. The number of alkyl halides is 3. The van der Waals surface area contributed by atoms with Gasteiger partial charge >= 0.3 is 6.18 Å². The van der Waals surface area contributed by atoms with Crippen LogP contribution >= 0.6 is 0 Å². The molecule has 4 heterocycles. The third-order valence-electron chi connectivity index (χ3n) is 6.80. The van der Waals surface area contributed by atoms with Crippen molar-refractivity contribution in [1.82, 2.24) is 19.8 Å². The van der Waals surface area contributed by atoms with Gasteiger partial charge in [-0.05, 0) is 49.9 Å². The monoisotopic (exact) mass is 487 g/mol. The number of carbonyl (C=O) groups is 1. The molecule has 2 saturated heterocycles. The summed E-state index contributed by atoms with van der Waals surface area (Å²) in [5, 5.41) is 14.0. The molecule has 2 fully saturated rings. The number of carbonyl (C=O) groups excluding carboxylic acids is 1. The standard InChI is InChI=1S/C24H28F3N7O/c25-24(26,27)23-30-29-20-9-10-21(31-34(20)23)33-15-11-17(12-16-33)22(35)28-18-7-3-4-8-19(18)32-13-5-1-2-6-14-32/h3-4,7-10,17H,1-2,5-6,11-16H2,(H,28,35). The number of hydrogen-bond donors (Lipinski definition) is 1. The zero-order valence-corrected chi connectivity index (χ0v) is 19.3. The van der Waals surface area contributed by atoms with Crippen LogP contribution in [0.4, 0.5) is 30.4 Å². The molecule has 3 aromatic rings. The second kappa shape index (κ2) is 9.71. The topological polar surface area (TPSA) is 78.7 Å². The van der Waals surface area contributed by atoms with Gasteiger partial charge in [-0.25, -0.2) is 0 Å². The van der Waals surface area contributed by atoms with E-state index in [4.69, 9.17) is 0 Å². The Kier molecular flexibility index (Phi) is 6.48. The number of anilines is 3. The van der Waals surface area contributed by atoms with E-state index in [-0.39, 0.29) is 17.5 Å². The van der Waals surface area contributed by atoms with Gasteiger partial charge in [0.1, 0.15) is 5.82 Å². The van der Waals surface area contributed by atoms with Crippen molar-refractivity contribution in [3.8, 4) is 0 Å². The first-order valence-corrected chi connectivity index (χ1v) is 12.1. The molecule has 8 nitrogen and oxygen atoms in total. The van der Waals surface area contributed by atoms with Crippen molar-refractivity contribution in [2.45, 2.75) is 44.7 Å². The Morgan fingerprint density at radius 1 is 0.886 bits per heavy atom. The smallest absolute Gasteiger partial charge is 0.370 e. The van der Waals surface area contributed by atoms with Crippen LogP contribution in [0.25, 0.3) is 5.65 Å². The lowest BCUT2D eigenvalue weighted by molar-refractivity contribution is -0.146. The second-order valence-corrected chi connectivity index (χ2v) is 9.15.